The highest BCUT2D eigenvalue weighted by Gasteiger charge is 2.35. The van der Waals surface area contributed by atoms with E-state index in [0.29, 0.717) is 58.9 Å². The molecular formula is C27H23F3N6O2S. The molecule has 200 valence electrons. The lowest BCUT2D eigenvalue weighted by Crippen LogP contribution is -2.62. The topological polar surface area (TPSA) is 91.3 Å². The maximum Gasteiger partial charge on any atom is 0.416 e. The first-order valence-electron chi connectivity index (χ1n) is 12.4. The second kappa shape index (κ2) is 10.0. The molecule has 0 aliphatic carbocycles. The van der Waals surface area contributed by atoms with Crippen LogP contribution in [0.1, 0.15) is 32.1 Å². The van der Waals surface area contributed by atoms with Crippen LogP contribution in [0.5, 0.6) is 0 Å². The van der Waals surface area contributed by atoms with Gasteiger partial charge < -0.3 is 15.1 Å². The molecule has 2 aromatic carbocycles. The van der Waals surface area contributed by atoms with Gasteiger partial charge in [0, 0.05) is 66.4 Å². The fourth-order valence-corrected chi connectivity index (χ4v) is 5.65. The number of amides is 2. The van der Waals surface area contributed by atoms with E-state index >= 15 is 0 Å². The third kappa shape index (κ3) is 5.09. The predicted molar refractivity (Wildman–Crippen MR) is 139 cm³/mol. The highest BCUT2D eigenvalue weighted by atomic mass is 32.1. The number of rotatable bonds is 5. The predicted octanol–water partition coefficient (Wildman–Crippen LogP) is 4.10. The molecule has 0 spiro atoms. The average molecular weight is 553 g/mol. The second-order valence-electron chi connectivity index (χ2n) is 9.68. The quantitative estimate of drug-likeness (QED) is 0.401. The first-order valence-corrected chi connectivity index (χ1v) is 13.3. The van der Waals surface area contributed by atoms with Crippen molar-refractivity contribution >= 4 is 34.1 Å². The molecule has 12 heteroatoms. The van der Waals surface area contributed by atoms with Crippen LogP contribution >= 0.6 is 11.3 Å². The second-order valence-corrected chi connectivity index (χ2v) is 10.6. The Balaban J connectivity index is 1.08. The van der Waals surface area contributed by atoms with Crippen LogP contribution in [0.2, 0.25) is 0 Å². The van der Waals surface area contributed by atoms with Gasteiger partial charge in [-0.15, -0.1) is 11.3 Å². The van der Waals surface area contributed by atoms with Gasteiger partial charge in [-0.1, -0.05) is 12.1 Å². The molecule has 2 aromatic heterocycles. The van der Waals surface area contributed by atoms with Crippen molar-refractivity contribution in [2.45, 2.75) is 24.7 Å². The molecule has 4 heterocycles. The van der Waals surface area contributed by atoms with E-state index in [-0.39, 0.29) is 23.9 Å². The summed E-state index contributed by atoms with van der Waals surface area (Å²) >= 11 is 1.34. The Hall–Kier alpha value is -3.90. The van der Waals surface area contributed by atoms with E-state index in [1.165, 1.54) is 29.8 Å². The number of hydrogen-bond acceptors (Lipinski definition) is 7. The van der Waals surface area contributed by atoms with E-state index in [9.17, 15) is 22.8 Å². The summed E-state index contributed by atoms with van der Waals surface area (Å²) in [6.45, 7) is 2.43. The van der Waals surface area contributed by atoms with Crippen molar-refractivity contribution < 1.29 is 22.8 Å². The van der Waals surface area contributed by atoms with E-state index in [1.807, 2.05) is 4.90 Å². The zero-order chi connectivity index (χ0) is 27.1. The van der Waals surface area contributed by atoms with Crippen molar-refractivity contribution in [1.82, 2.24) is 30.1 Å². The highest BCUT2D eigenvalue weighted by molar-refractivity contribution is 7.11. The SMILES string of the molecule is O=C(c1ccc2c(-c3ccc(C(F)(F)F)cc3)ncnc2c1)N1CC(N[C@H]2CCN(C(=O)c3nccs3)C2)C1. The molecule has 0 bridgehead atoms. The van der Waals surface area contributed by atoms with E-state index in [0.717, 1.165) is 18.6 Å². The number of carbonyl (C=O) groups excluding carboxylic acids is 2. The van der Waals surface area contributed by atoms with Crippen LogP contribution < -0.4 is 5.32 Å². The number of halogens is 3. The van der Waals surface area contributed by atoms with Crippen molar-refractivity contribution in [3.05, 3.63) is 76.5 Å². The van der Waals surface area contributed by atoms with Gasteiger partial charge in [-0.2, -0.15) is 13.2 Å². The molecular weight excluding hydrogens is 529 g/mol. The molecule has 4 aromatic rings. The lowest BCUT2D eigenvalue weighted by atomic mass is 10.0. The Bertz CT molecular complexity index is 1520. The van der Waals surface area contributed by atoms with Crippen molar-refractivity contribution in [3.8, 4) is 11.3 Å². The van der Waals surface area contributed by atoms with Crippen molar-refractivity contribution in [2.24, 2.45) is 0 Å². The molecule has 1 N–H and O–H groups in total. The van der Waals surface area contributed by atoms with Crippen LogP contribution in [0.3, 0.4) is 0 Å². The summed E-state index contributed by atoms with van der Waals surface area (Å²) in [7, 11) is 0. The molecule has 1 atom stereocenters. The number of carbonyl (C=O) groups is 2. The third-order valence-electron chi connectivity index (χ3n) is 7.10. The molecule has 2 aliphatic heterocycles. The first-order chi connectivity index (χ1) is 18.8. The first kappa shape index (κ1) is 25.4. The van der Waals surface area contributed by atoms with Crippen molar-refractivity contribution in [3.63, 3.8) is 0 Å². The van der Waals surface area contributed by atoms with Gasteiger partial charge in [0.15, 0.2) is 5.01 Å². The van der Waals surface area contributed by atoms with Crippen LogP contribution in [0, 0.1) is 0 Å². The summed E-state index contributed by atoms with van der Waals surface area (Å²) in [6, 6.07) is 10.3. The fraction of sp³-hybridized carbons (Fsp3) is 0.296. The zero-order valence-electron chi connectivity index (χ0n) is 20.6. The smallest absolute Gasteiger partial charge is 0.335 e. The van der Waals surface area contributed by atoms with Crippen LogP contribution in [0.15, 0.2) is 60.4 Å². The maximum atomic E-state index is 13.1. The van der Waals surface area contributed by atoms with Gasteiger partial charge in [0.2, 0.25) is 0 Å². The van der Waals surface area contributed by atoms with Crippen molar-refractivity contribution in [2.75, 3.05) is 26.2 Å². The van der Waals surface area contributed by atoms with Gasteiger partial charge in [-0.3, -0.25) is 9.59 Å². The van der Waals surface area contributed by atoms with Gasteiger partial charge in [0.05, 0.1) is 16.8 Å². The molecule has 39 heavy (non-hydrogen) atoms. The standard InChI is InChI=1S/C27H23F3N6O2S/c28-27(29,30)18-4-1-16(2-5-18)23-21-6-3-17(11-22(21)32-15-33-23)25(37)36-13-20(14-36)34-19-7-9-35(12-19)26(38)24-31-8-10-39-24/h1-6,8,10-11,15,19-20,34H,7,9,12-14H2/t19-/m0/s1. The number of alkyl halides is 3. The number of likely N-dealkylation sites (tertiary alicyclic amines) is 2. The number of thiazole rings is 1. The monoisotopic (exact) mass is 552 g/mol. The minimum Gasteiger partial charge on any atom is -0.335 e. The van der Waals surface area contributed by atoms with Crippen molar-refractivity contribution in [1.29, 1.82) is 0 Å². The van der Waals surface area contributed by atoms with E-state index in [1.54, 1.807) is 34.7 Å². The third-order valence-corrected chi connectivity index (χ3v) is 7.86. The minimum absolute atomic E-state index is 0.0405. The van der Waals surface area contributed by atoms with Crippen LogP contribution in [0.25, 0.3) is 22.2 Å². The molecule has 6 rings (SSSR count). The number of benzene rings is 2. The summed E-state index contributed by atoms with van der Waals surface area (Å²) in [5.41, 5.74) is 1.33. The molecule has 0 unspecified atom stereocenters. The fourth-order valence-electron chi connectivity index (χ4n) is 5.05. The van der Waals surface area contributed by atoms with Crippen LogP contribution in [-0.4, -0.2) is 74.8 Å². The number of fused-ring (bicyclic) bond motifs is 1. The summed E-state index contributed by atoms with van der Waals surface area (Å²) in [5.74, 6) is -0.155. The molecule has 2 aliphatic rings. The Kier molecular flexibility index (Phi) is 6.51. The normalized spacial score (nSPS) is 18.0. The summed E-state index contributed by atoms with van der Waals surface area (Å²) in [6.07, 6.45) is -0.583. The average Bonchev–Trinajstić information content (AvgIpc) is 3.61. The molecule has 2 fully saturated rings. The Morgan fingerprint density at radius 3 is 2.41 bits per heavy atom. The van der Waals surface area contributed by atoms with E-state index in [2.05, 4.69) is 20.3 Å². The van der Waals surface area contributed by atoms with Crippen LogP contribution in [-0.2, 0) is 6.18 Å². The number of nitrogens with zero attached hydrogens (tertiary/aromatic N) is 5. The lowest BCUT2D eigenvalue weighted by molar-refractivity contribution is -0.137. The Morgan fingerprint density at radius 2 is 1.69 bits per heavy atom. The molecule has 8 nitrogen and oxygen atoms in total. The minimum atomic E-state index is -4.41. The largest absolute Gasteiger partial charge is 0.416 e. The lowest BCUT2D eigenvalue weighted by Gasteiger charge is -2.41. The number of hydrogen-bond donors (Lipinski definition) is 1. The molecule has 2 saturated heterocycles. The number of aromatic nitrogens is 3. The zero-order valence-corrected chi connectivity index (χ0v) is 21.4. The summed E-state index contributed by atoms with van der Waals surface area (Å²) < 4.78 is 38.8. The summed E-state index contributed by atoms with van der Waals surface area (Å²) in [4.78, 5) is 41.8. The number of nitrogens with one attached hydrogen (secondary N) is 1. The van der Waals surface area contributed by atoms with Gasteiger partial charge in [-0.05, 0) is 36.8 Å². The molecule has 0 radical (unpaired) electrons. The van der Waals surface area contributed by atoms with Gasteiger partial charge in [0.25, 0.3) is 11.8 Å². The van der Waals surface area contributed by atoms with E-state index < -0.39 is 11.7 Å². The van der Waals surface area contributed by atoms with Crippen LogP contribution in [0.4, 0.5) is 13.2 Å². The van der Waals surface area contributed by atoms with Gasteiger partial charge in [0.1, 0.15) is 6.33 Å². The highest BCUT2D eigenvalue weighted by Crippen LogP contribution is 2.32. The van der Waals surface area contributed by atoms with Gasteiger partial charge in [-0.25, -0.2) is 15.0 Å². The molecule has 2 amide bonds. The maximum absolute atomic E-state index is 13.1. The van der Waals surface area contributed by atoms with Gasteiger partial charge >= 0.3 is 6.18 Å². The Labute approximate surface area is 225 Å². The Morgan fingerprint density at radius 1 is 0.923 bits per heavy atom. The molecule has 0 saturated carbocycles. The van der Waals surface area contributed by atoms with E-state index in [4.69, 9.17) is 0 Å². The summed E-state index contributed by atoms with van der Waals surface area (Å²) in [5, 5.41) is 6.50.